The largest absolute Gasteiger partial charge is 0.328 e. The van der Waals surface area contributed by atoms with Crippen molar-refractivity contribution in [1.82, 2.24) is 9.55 Å². The molecule has 0 saturated heterocycles. The van der Waals surface area contributed by atoms with Crippen molar-refractivity contribution in [2.45, 2.75) is 32.7 Å². The fourth-order valence-electron chi connectivity index (χ4n) is 2.01. The second-order valence-corrected chi connectivity index (χ2v) is 5.42. The van der Waals surface area contributed by atoms with Gasteiger partial charge >= 0.3 is 0 Å². The Balaban J connectivity index is 2.53. The first-order valence-corrected chi connectivity index (χ1v) is 7.36. The third-order valence-electron chi connectivity index (χ3n) is 2.92. The van der Waals surface area contributed by atoms with E-state index in [0.29, 0.717) is 15.9 Å². The first-order chi connectivity index (χ1) is 8.67. The minimum absolute atomic E-state index is 0.543. The van der Waals surface area contributed by atoms with Crippen molar-refractivity contribution in [3.8, 4) is 0 Å². The average molecular weight is 306 g/mol. The molecule has 98 valence electrons. The zero-order chi connectivity index (χ0) is 13.1. The zero-order valence-corrected chi connectivity index (χ0v) is 12.5. The summed E-state index contributed by atoms with van der Waals surface area (Å²) < 4.78 is 2.20. The minimum atomic E-state index is 0.543. The summed E-state index contributed by atoms with van der Waals surface area (Å²) in [4.78, 5) is 4.59. The SMILES string of the molecule is CCCCn1c(CCCl)nc2cc(Cl)c(Cl)cc21. The Kier molecular flexibility index (Phi) is 4.77. The summed E-state index contributed by atoms with van der Waals surface area (Å²) in [6.45, 7) is 3.11. The van der Waals surface area contributed by atoms with Crippen LogP contribution in [0.3, 0.4) is 0 Å². The van der Waals surface area contributed by atoms with Gasteiger partial charge in [-0.3, -0.25) is 0 Å². The highest BCUT2D eigenvalue weighted by Gasteiger charge is 2.12. The number of alkyl halides is 1. The van der Waals surface area contributed by atoms with Crippen molar-refractivity contribution in [3.05, 3.63) is 28.0 Å². The number of imidazole rings is 1. The summed E-state index contributed by atoms with van der Waals surface area (Å²) in [5.74, 6) is 1.57. The van der Waals surface area contributed by atoms with Crippen LogP contribution < -0.4 is 0 Å². The number of benzene rings is 1. The quantitative estimate of drug-likeness (QED) is 0.717. The summed E-state index contributed by atoms with van der Waals surface area (Å²) in [6.07, 6.45) is 3.01. The molecule has 0 aliphatic carbocycles. The maximum Gasteiger partial charge on any atom is 0.111 e. The number of rotatable bonds is 5. The highest BCUT2D eigenvalue weighted by Crippen LogP contribution is 2.28. The number of halogens is 3. The average Bonchev–Trinajstić information content (AvgIpc) is 2.65. The Hall–Kier alpha value is -0.440. The van der Waals surface area contributed by atoms with Crippen molar-refractivity contribution in [2.24, 2.45) is 0 Å². The van der Waals surface area contributed by atoms with Crippen LogP contribution in [0.4, 0.5) is 0 Å². The van der Waals surface area contributed by atoms with E-state index >= 15 is 0 Å². The first-order valence-electron chi connectivity index (χ1n) is 6.07. The van der Waals surface area contributed by atoms with Gasteiger partial charge in [-0.15, -0.1) is 11.6 Å². The number of unbranched alkanes of at least 4 members (excludes halogenated alkanes) is 1. The maximum absolute atomic E-state index is 6.08. The van der Waals surface area contributed by atoms with E-state index in [9.17, 15) is 0 Å². The molecule has 0 bridgehead atoms. The van der Waals surface area contributed by atoms with Crippen LogP contribution in [0.15, 0.2) is 12.1 Å². The number of fused-ring (bicyclic) bond motifs is 1. The van der Waals surface area contributed by atoms with Crippen molar-refractivity contribution in [2.75, 3.05) is 5.88 Å². The van der Waals surface area contributed by atoms with Gasteiger partial charge in [0.2, 0.25) is 0 Å². The van der Waals surface area contributed by atoms with Gasteiger partial charge in [0.25, 0.3) is 0 Å². The first kappa shape index (κ1) is 14.0. The van der Waals surface area contributed by atoms with E-state index < -0.39 is 0 Å². The van der Waals surface area contributed by atoms with Gasteiger partial charge in [0, 0.05) is 18.8 Å². The molecular formula is C13H15Cl3N2. The van der Waals surface area contributed by atoms with Gasteiger partial charge in [0.15, 0.2) is 0 Å². The highest BCUT2D eigenvalue weighted by atomic mass is 35.5. The molecule has 0 amide bonds. The molecule has 0 spiro atoms. The van der Waals surface area contributed by atoms with Crippen molar-refractivity contribution < 1.29 is 0 Å². The van der Waals surface area contributed by atoms with Gasteiger partial charge in [0.1, 0.15) is 5.82 Å². The number of nitrogens with zero attached hydrogens (tertiary/aromatic N) is 2. The second kappa shape index (κ2) is 6.14. The molecule has 2 rings (SSSR count). The van der Waals surface area contributed by atoms with Gasteiger partial charge < -0.3 is 4.57 Å². The molecule has 0 aliphatic rings. The molecule has 2 aromatic rings. The summed E-state index contributed by atoms with van der Waals surface area (Å²) >= 11 is 17.9. The van der Waals surface area contributed by atoms with E-state index in [-0.39, 0.29) is 0 Å². The summed E-state index contributed by atoms with van der Waals surface area (Å²) in [5.41, 5.74) is 1.93. The fraction of sp³-hybridized carbons (Fsp3) is 0.462. The van der Waals surface area contributed by atoms with Crippen LogP contribution in [-0.4, -0.2) is 15.4 Å². The lowest BCUT2D eigenvalue weighted by Gasteiger charge is -2.07. The molecule has 0 aliphatic heterocycles. The van der Waals surface area contributed by atoms with E-state index in [0.717, 1.165) is 42.7 Å². The highest BCUT2D eigenvalue weighted by molar-refractivity contribution is 6.42. The topological polar surface area (TPSA) is 17.8 Å². The number of aryl methyl sites for hydroxylation is 2. The van der Waals surface area contributed by atoms with Crippen LogP contribution in [-0.2, 0) is 13.0 Å². The van der Waals surface area contributed by atoms with Crippen molar-refractivity contribution >= 4 is 45.8 Å². The van der Waals surface area contributed by atoms with Gasteiger partial charge in [-0.25, -0.2) is 4.98 Å². The van der Waals surface area contributed by atoms with Gasteiger partial charge in [-0.2, -0.15) is 0 Å². The lowest BCUT2D eigenvalue weighted by Crippen LogP contribution is -2.04. The lowest BCUT2D eigenvalue weighted by atomic mass is 10.3. The number of aromatic nitrogens is 2. The Bertz CT molecular complexity index is 549. The Labute approximate surface area is 122 Å². The Morgan fingerprint density at radius 1 is 1.22 bits per heavy atom. The van der Waals surface area contributed by atoms with Gasteiger partial charge in [-0.05, 0) is 18.6 Å². The molecule has 2 nitrogen and oxygen atoms in total. The molecular weight excluding hydrogens is 291 g/mol. The zero-order valence-electron chi connectivity index (χ0n) is 10.2. The number of hydrogen-bond donors (Lipinski definition) is 0. The van der Waals surface area contributed by atoms with Crippen molar-refractivity contribution in [3.63, 3.8) is 0 Å². The third kappa shape index (κ3) is 2.76. The molecule has 0 unspecified atom stereocenters. The summed E-state index contributed by atoms with van der Waals surface area (Å²) in [7, 11) is 0. The van der Waals surface area contributed by atoms with E-state index in [1.165, 1.54) is 0 Å². The van der Waals surface area contributed by atoms with E-state index in [2.05, 4.69) is 16.5 Å². The van der Waals surface area contributed by atoms with Gasteiger partial charge in [-0.1, -0.05) is 36.5 Å². The lowest BCUT2D eigenvalue weighted by molar-refractivity contribution is 0.620. The standard InChI is InChI=1S/C13H15Cl3N2/c1-2-3-6-18-12-8-10(16)9(15)7-11(12)17-13(18)4-5-14/h7-8H,2-6H2,1H3. The predicted molar refractivity (Wildman–Crippen MR) is 79.1 cm³/mol. The molecule has 0 radical (unpaired) electrons. The molecule has 1 aromatic carbocycles. The van der Waals surface area contributed by atoms with E-state index in [4.69, 9.17) is 34.8 Å². The molecule has 0 N–H and O–H groups in total. The van der Waals surface area contributed by atoms with Crippen molar-refractivity contribution in [1.29, 1.82) is 0 Å². The van der Waals surface area contributed by atoms with E-state index in [1.54, 1.807) is 0 Å². The predicted octanol–water partition coefficient (Wildman–Crippen LogP) is 4.92. The van der Waals surface area contributed by atoms with Crippen LogP contribution in [0.25, 0.3) is 11.0 Å². The van der Waals surface area contributed by atoms with Crippen LogP contribution in [0, 0.1) is 0 Å². The molecule has 1 heterocycles. The number of hydrogen-bond acceptors (Lipinski definition) is 1. The normalized spacial score (nSPS) is 11.3. The maximum atomic E-state index is 6.08. The molecule has 5 heteroatoms. The molecule has 0 saturated carbocycles. The molecule has 1 aromatic heterocycles. The minimum Gasteiger partial charge on any atom is -0.328 e. The molecule has 0 atom stereocenters. The second-order valence-electron chi connectivity index (χ2n) is 4.23. The Morgan fingerprint density at radius 3 is 2.61 bits per heavy atom. The molecule has 18 heavy (non-hydrogen) atoms. The van der Waals surface area contributed by atoms with Crippen LogP contribution >= 0.6 is 34.8 Å². The van der Waals surface area contributed by atoms with E-state index in [1.807, 2.05) is 12.1 Å². The summed E-state index contributed by atoms with van der Waals surface area (Å²) in [5, 5.41) is 1.11. The Morgan fingerprint density at radius 2 is 1.94 bits per heavy atom. The summed E-state index contributed by atoms with van der Waals surface area (Å²) in [6, 6.07) is 3.71. The smallest absolute Gasteiger partial charge is 0.111 e. The van der Waals surface area contributed by atoms with Crippen LogP contribution in [0.1, 0.15) is 25.6 Å². The molecule has 0 fully saturated rings. The third-order valence-corrected chi connectivity index (χ3v) is 3.83. The van der Waals surface area contributed by atoms with Crippen LogP contribution in [0.2, 0.25) is 10.0 Å². The fourth-order valence-corrected chi connectivity index (χ4v) is 2.50. The monoisotopic (exact) mass is 304 g/mol. The van der Waals surface area contributed by atoms with Gasteiger partial charge in [0.05, 0.1) is 21.1 Å². The van der Waals surface area contributed by atoms with Crippen LogP contribution in [0.5, 0.6) is 0 Å².